The van der Waals surface area contributed by atoms with E-state index in [9.17, 15) is 9.59 Å². The van der Waals surface area contributed by atoms with Crippen LogP contribution in [0.1, 0.15) is 52.9 Å². The van der Waals surface area contributed by atoms with Crippen molar-refractivity contribution in [3.63, 3.8) is 0 Å². The minimum absolute atomic E-state index is 0.0906. The molecule has 2 saturated heterocycles. The number of carbonyl (C=O) groups excluding carboxylic acids is 2. The highest BCUT2D eigenvalue weighted by atomic mass is 16.2. The van der Waals surface area contributed by atoms with Crippen LogP contribution in [-0.4, -0.2) is 59.4 Å². The van der Waals surface area contributed by atoms with Crippen LogP contribution < -0.4 is 5.32 Å². The van der Waals surface area contributed by atoms with Gasteiger partial charge in [0, 0.05) is 25.7 Å². The van der Waals surface area contributed by atoms with Crippen LogP contribution in [0.5, 0.6) is 0 Å². The summed E-state index contributed by atoms with van der Waals surface area (Å²) in [7, 11) is 0. The highest BCUT2D eigenvalue weighted by Crippen LogP contribution is 2.18. The molecule has 2 atom stereocenters. The molecule has 0 spiro atoms. The fourth-order valence-electron chi connectivity index (χ4n) is 3.35. The fraction of sp³-hybridized carbons (Fsp3) is 0.875. The van der Waals surface area contributed by atoms with Gasteiger partial charge in [-0.15, -0.1) is 0 Å². The van der Waals surface area contributed by atoms with Crippen LogP contribution >= 0.6 is 0 Å². The molecule has 2 rings (SSSR count). The second-order valence-electron chi connectivity index (χ2n) is 6.61. The summed E-state index contributed by atoms with van der Waals surface area (Å²) in [6.07, 6.45) is 5.22. The van der Waals surface area contributed by atoms with Crippen LogP contribution in [0.2, 0.25) is 0 Å². The quantitative estimate of drug-likeness (QED) is 0.852. The number of carbonyl (C=O) groups is 2. The van der Waals surface area contributed by atoms with E-state index in [0.717, 1.165) is 38.8 Å². The minimum atomic E-state index is -0.327. The van der Waals surface area contributed by atoms with Gasteiger partial charge in [-0.1, -0.05) is 13.8 Å². The maximum atomic E-state index is 12.6. The lowest BCUT2D eigenvalue weighted by molar-refractivity contribution is -0.148. The first-order valence-electron chi connectivity index (χ1n) is 8.36. The number of piperidine rings is 2. The first kappa shape index (κ1) is 16.3. The van der Waals surface area contributed by atoms with Gasteiger partial charge in [-0.05, 0) is 39.0 Å². The molecule has 0 bridgehead atoms. The summed E-state index contributed by atoms with van der Waals surface area (Å²) in [4.78, 5) is 28.9. The zero-order valence-electron chi connectivity index (χ0n) is 13.6. The lowest BCUT2D eigenvalue weighted by atomic mass is 10.0. The van der Waals surface area contributed by atoms with E-state index in [0.29, 0.717) is 6.54 Å². The summed E-state index contributed by atoms with van der Waals surface area (Å²) in [5.74, 6) is 0.209. The monoisotopic (exact) mass is 295 g/mol. The molecule has 0 aromatic rings. The first-order chi connectivity index (χ1) is 10.0. The van der Waals surface area contributed by atoms with Crippen molar-refractivity contribution in [2.75, 3.05) is 19.6 Å². The second-order valence-corrected chi connectivity index (χ2v) is 6.61. The van der Waals surface area contributed by atoms with Crippen LogP contribution in [-0.2, 0) is 9.59 Å². The van der Waals surface area contributed by atoms with Crippen molar-refractivity contribution in [3.8, 4) is 0 Å². The Hall–Kier alpha value is -1.10. The first-order valence-corrected chi connectivity index (χ1v) is 8.36. The van der Waals surface area contributed by atoms with E-state index in [4.69, 9.17) is 0 Å². The molecule has 0 aromatic carbocycles. The highest BCUT2D eigenvalue weighted by Gasteiger charge is 2.35. The molecule has 5 nitrogen and oxygen atoms in total. The van der Waals surface area contributed by atoms with Crippen LogP contribution in [0.3, 0.4) is 0 Å². The molecule has 0 radical (unpaired) electrons. The predicted octanol–water partition coefficient (Wildman–Crippen LogP) is 1.38. The number of nitrogens with one attached hydrogen (secondary N) is 1. The molecule has 1 N–H and O–H groups in total. The Labute approximate surface area is 128 Å². The molecule has 2 unspecified atom stereocenters. The summed E-state index contributed by atoms with van der Waals surface area (Å²) in [5, 5.41) is 3.32. The minimum Gasteiger partial charge on any atom is -0.341 e. The second kappa shape index (κ2) is 7.25. The summed E-state index contributed by atoms with van der Waals surface area (Å²) in [5.41, 5.74) is 0. The number of nitrogens with zero attached hydrogens (tertiary/aromatic N) is 2. The standard InChI is InChI=1S/C16H29N3O2/c1-12(2)17-14-8-7-11-19(16(14)21)13(3)15(20)18-9-5-4-6-10-18/h12-14,17H,4-11H2,1-3H3. The lowest BCUT2D eigenvalue weighted by Crippen LogP contribution is -2.58. The van der Waals surface area contributed by atoms with Gasteiger partial charge in [0.1, 0.15) is 6.04 Å². The van der Waals surface area contributed by atoms with Gasteiger partial charge in [0.15, 0.2) is 0 Å². The molecule has 2 amide bonds. The zero-order valence-corrected chi connectivity index (χ0v) is 13.6. The molecular formula is C16H29N3O2. The molecule has 0 saturated carbocycles. The SMILES string of the molecule is CC(C)NC1CCCN(C(C)C(=O)N2CCCCC2)C1=O. The van der Waals surface area contributed by atoms with Crippen molar-refractivity contribution >= 4 is 11.8 Å². The highest BCUT2D eigenvalue weighted by molar-refractivity contribution is 5.90. The number of hydrogen-bond donors (Lipinski definition) is 1. The smallest absolute Gasteiger partial charge is 0.245 e. The van der Waals surface area contributed by atoms with Gasteiger partial charge in [0.05, 0.1) is 6.04 Å². The average Bonchev–Trinajstić information content (AvgIpc) is 2.48. The van der Waals surface area contributed by atoms with Crippen LogP contribution in [0.25, 0.3) is 0 Å². The molecule has 2 heterocycles. The van der Waals surface area contributed by atoms with Gasteiger partial charge >= 0.3 is 0 Å². The van der Waals surface area contributed by atoms with E-state index in [1.54, 1.807) is 4.90 Å². The van der Waals surface area contributed by atoms with Gasteiger partial charge in [0.25, 0.3) is 0 Å². The van der Waals surface area contributed by atoms with Gasteiger partial charge in [-0.3, -0.25) is 9.59 Å². The Kier molecular flexibility index (Phi) is 5.62. The normalized spacial score (nSPS) is 25.3. The fourth-order valence-corrected chi connectivity index (χ4v) is 3.35. The Morgan fingerprint density at radius 2 is 1.76 bits per heavy atom. The molecule has 2 aliphatic heterocycles. The van der Waals surface area contributed by atoms with Crippen molar-refractivity contribution in [1.29, 1.82) is 0 Å². The number of likely N-dealkylation sites (tertiary alicyclic amines) is 2. The number of rotatable bonds is 4. The summed E-state index contributed by atoms with van der Waals surface area (Å²) >= 11 is 0. The van der Waals surface area contributed by atoms with Crippen molar-refractivity contribution in [2.45, 2.75) is 71.0 Å². The molecule has 2 aliphatic rings. The van der Waals surface area contributed by atoms with E-state index in [-0.39, 0.29) is 29.9 Å². The van der Waals surface area contributed by atoms with Crippen molar-refractivity contribution in [1.82, 2.24) is 15.1 Å². The molecule has 120 valence electrons. The van der Waals surface area contributed by atoms with Crippen molar-refractivity contribution in [2.24, 2.45) is 0 Å². The van der Waals surface area contributed by atoms with Gasteiger partial charge in [-0.25, -0.2) is 0 Å². The molecule has 21 heavy (non-hydrogen) atoms. The van der Waals surface area contributed by atoms with Crippen molar-refractivity contribution < 1.29 is 9.59 Å². The molecular weight excluding hydrogens is 266 g/mol. The molecule has 0 aliphatic carbocycles. The number of amides is 2. The third-order valence-electron chi connectivity index (χ3n) is 4.50. The lowest BCUT2D eigenvalue weighted by Gasteiger charge is -2.39. The van der Waals surface area contributed by atoms with Gasteiger partial charge < -0.3 is 15.1 Å². The maximum Gasteiger partial charge on any atom is 0.245 e. The summed E-state index contributed by atoms with van der Waals surface area (Å²) in [6.45, 7) is 8.38. The van der Waals surface area contributed by atoms with E-state index in [2.05, 4.69) is 19.2 Å². The average molecular weight is 295 g/mol. The third kappa shape index (κ3) is 3.96. The number of hydrogen-bond acceptors (Lipinski definition) is 3. The predicted molar refractivity (Wildman–Crippen MR) is 82.9 cm³/mol. The third-order valence-corrected chi connectivity index (χ3v) is 4.50. The van der Waals surface area contributed by atoms with E-state index in [1.807, 2.05) is 11.8 Å². The molecule has 0 aromatic heterocycles. The summed E-state index contributed by atoms with van der Waals surface area (Å²) < 4.78 is 0. The zero-order chi connectivity index (χ0) is 15.4. The Morgan fingerprint density at radius 3 is 2.38 bits per heavy atom. The van der Waals surface area contributed by atoms with E-state index < -0.39 is 0 Å². The largest absolute Gasteiger partial charge is 0.341 e. The topological polar surface area (TPSA) is 52.7 Å². The molecule has 2 fully saturated rings. The van der Waals surface area contributed by atoms with E-state index >= 15 is 0 Å². The van der Waals surface area contributed by atoms with Crippen LogP contribution in [0.4, 0.5) is 0 Å². The van der Waals surface area contributed by atoms with Gasteiger partial charge in [-0.2, -0.15) is 0 Å². The van der Waals surface area contributed by atoms with Gasteiger partial charge in [0.2, 0.25) is 11.8 Å². The molecule has 5 heteroatoms. The maximum absolute atomic E-state index is 12.6. The van der Waals surface area contributed by atoms with Crippen LogP contribution in [0.15, 0.2) is 0 Å². The van der Waals surface area contributed by atoms with Crippen LogP contribution in [0, 0.1) is 0 Å². The summed E-state index contributed by atoms with van der Waals surface area (Å²) in [6, 6.07) is -0.172. The van der Waals surface area contributed by atoms with Crippen molar-refractivity contribution in [3.05, 3.63) is 0 Å². The van der Waals surface area contributed by atoms with E-state index in [1.165, 1.54) is 6.42 Å². The Bertz CT molecular complexity index is 378. The Balaban J connectivity index is 1.98. The Morgan fingerprint density at radius 1 is 1.10 bits per heavy atom.